The van der Waals surface area contributed by atoms with Crippen molar-refractivity contribution in [3.63, 3.8) is 0 Å². The Morgan fingerprint density at radius 3 is 2.86 bits per heavy atom. The highest BCUT2D eigenvalue weighted by atomic mass is 16.2. The fourth-order valence-electron chi connectivity index (χ4n) is 2.24. The summed E-state index contributed by atoms with van der Waals surface area (Å²) in [7, 11) is 0. The molecule has 0 fully saturated rings. The number of rotatable bonds is 4. The summed E-state index contributed by atoms with van der Waals surface area (Å²) in [6.45, 7) is 2.26. The van der Waals surface area contributed by atoms with Gasteiger partial charge in [-0.3, -0.25) is 14.5 Å². The lowest BCUT2D eigenvalue weighted by Crippen LogP contribution is -2.31. The average molecular weight is 280 g/mol. The van der Waals surface area contributed by atoms with Crippen molar-refractivity contribution in [1.29, 1.82) is 0 Å². The molecule has 1 unspecified atom stereocenters. The predicted molar refractivity (Wildman–Crippen MR) is 80.5 cm³/mol. The SMILES string of the molecule is CC(C(=O)NCc1ccccn1)n1ncc2ccccc21. The quantitative estimate of drug-likeness (QED) is 0.797. The highest BCUT2D eigenvalue weighted by Crippen LogP contribution is 2.17. The van der Waals surface area contributed by atoms with Crippen LogP contribution in [0.25, 0.3) is 10.9 Å². The number of carbonyl (C=O) groups is 1. The molecule has 0 spiro atoms. The molecule has 5 nitrogen and oxygen atoms in total. The van der Waals surface area contributed by atoms with Gasteiger partial charge in [-0.05, 0) is 25.1 Å². The van der Waals surface area contributed by atoms with Crippen molar-refractivity contribution in [3.05, 3.63) is 60.6 Å². The van der Waals surface area contributed by atoms with Gasteiger partial charge in [0.2, 0.25) is 5.91 Å². The molecule has 1 N–H and O–H groups in total. The van der Waals surface area contributed by atoms with Gasteiger partial charge in [-0.2, -0.15) is 5.10 Å². The van der Waals surface area contributed by atoms with Crippen molar-refractivity contribution in [2.24, 2.45) is 0 Å². The Hall–Kier alpha value is -2.69. The molecular weight excluding hydrogens is 264 g/mol. The molecule has 1 atom stereocenters. The molecule has 0 bridgehead atoms. The van der Waals surface area contributed by atoms with Gasteiger partial charge in [0.25, 0.3) is 0 Å². The number of nitrogens with one attached hydrogen (secondary N) is 1. The second kappa shape index (κ2) is 5.75. The summed E-state index contributed by atoms with van der Waals surface area (Å²) in [4.78, 5) is 16.4. The number of fused-ring (bicyclic) bond motifs is 1. The van der Waals surface area contributed by atoms with Crippen LogP contribution in [0, 0.1) is 0 Å². The average Bonchev–Trinajstić information content (AvgIpc) is 2.97. The number of para-hydroxylation sites is 1. The van der Waals surface area contributed by atoms with Crippen molar-refractivity contribution in [2.75, 3.05) is 0 Å². The zero-order valence-electron chi connectivity index (χ0n) is 11.7. The van der Waals surface area contributed by atoms with Crippen LogP contribution in [0.5, 0.6) is 0 Å². The van der Waals surface area contributed by atoms with E-state index in [0.717, 1.165) is 16.6 Å². The van der Waals surface area contributed by atoms with E-state index in [1.807, 2.05) is 49.4 Å². The number of benzene rings is 1. The van der Waals surface area contributed by atoms with Gasteiger partial charge in [0.1, 0.15) is 6.04 Å². The van der Waals surface area contributed by atoms with Crippen LogP contribution in [0.3, 0.4) is 0 Å². The molecule has 0 aliphatic carbocycles. The summed E-state index contributed by atoms with van der Waals surface area (Å²) in [5, 5.41) is 8.23. The Bertz CT molecular complexity index is 751. The summed E-state index contributed by atoms with van der Waals surface area (Å²) < 4.78 is 1.74. The van der Waals surface area contributed by atoms with Crippen LogP contribution in [-0.4, -0.2) is 20.7 Å². The van der Waals surface area contributed by atoms with Crippen molar-refractivity contribution < 1.29 is 4.79 Å². The van der Waals surface area contributed by atoms with Crippen LogP contribution in [0.1, 0.15) is 18.7 Å². The molecule has 0 saturated carbocycles. The third-order valence-electron chi connectivity index (χ3n) is 3.42. The number of aromatic nitrogens is 3. The number of pyridine rings is 1. The van der Waals surface area contributed by atoms with Crippen molar-refractivity contribution in [3.8, 4) is 0 Å². The van der Waals surface area contributed by atoms with Crippen LogP contribution in [0.15, 0.2) is 54.9 Å². The van der Waals surface area contributed by atoms with Crippen LogP contribution in [0.4, 0.5) is 0 Å². The Kier molecular flexibility index (Phi) is 3.64. The molecule has 0 radical (unpaired) electrons. The molecule has 0 aliphatic heterocycles. The van der Waals surface area contributed by atoms with E-state index in [-0.39, 0.29) is 11.9 Å². The van der Waals surface area contributed by atoms with E-state index in [2.05, 4.69) is 15.4 Å². The molecule has 21 heavy (non-hydrogen) atoms. The Balaban J connectivity index is 1.72. The van der Waals surface area contributed by atoms with Crippen LogP contribution in [0.2, 0.25) is 0 Å². The fourth-order valence-corrected chi connectivity index (χ4v) is 2.24. The van der Waals surface area contributed by atoms with Gasteiger partial charge < -0.3 is 5.32 Å². The summed E-state index contributed by atoms with van der Waals surface area (Å²) in [6, 6.07) is 13.1. The molecule has 1 aromatic carbocycles. The van der Waals surface area contributed by atoms with Gasteiger partial charge in [-0.25, -0.2) is 0 Å². The first kappa shape index (κ1) is 13.3. The zero-order chi connectivity index (χ0) is 14.7. The first-order valence-electron chi connectivity index (χ1n) is 6.85. The molecule has 1 amide bonds. The standard InChI is InChI=1S/C16H16N4O/c1-12(16(21)18-11-14-7-4-5-9-17-14)20-15-8-3-2-6-13(15)10-19-20/h2-10,12H,11H2,1H3,(H,18,21). The van der Waals surface area contributed by atoms with E-state index in [1.165, 1.54) is 0 Å². The molecule has 3 rings (SSSR count). The van der Waals surface area contributed by atoms with Gasteiger partial charge in [0, 0.05) is 11.6 Å². The first-order chi connectivity index (χ1) is 10.3. The molecule has 106 valence electrons. The topological polar surface area (TPSA) is 59.8 Å². The highest BCUT2D eigenvalue weighted by Gasteiger charge is 2.17. The van der Waals surface area contributed by atoms with Crippen molar-refractivity contribution >= 4 is 16.8 Å². The lowest BCUT2D eigenvalue weighted by atomic mass is 10.2. The summed E-state index contributed by atoms with van der Waals surface area (Å²) in [5.74, 6) is -0.0745. The maximum Gasteiger partial charge on any atom is 0.244 e. The Morgan fingerprint density at radius 1 is 1.24 bits per heavy atom. The molecule has 3 aromatic rings. The molecule has 0 aliphatic rings. The molecule has 0 saturated heterocycles. The van der Waals surface area contributed by atoms with Crippen LogP contribution >= 0.6 is 0 Å². The fraction of sp³-hybridized carbons (Fsp3) is 0.188. The summed E-state index contributed by atoms with van der Waals surface area (Å²) in [6.07, 6.45) is 3.49. The van der Waals surface area contributed by atoms with E-state index in [9.17, 15) is 4.79 Å². The Morgan fingerprint density at radius 2 is 2.05 bits per heavy atom. The largest absolute Gasteiger partial charge is 0.349 e. The third kappa shape index (κ3) is 2.76. The number of nitrogens with zero attached hydrogens (tertiary/aromatic N) is 3. The maximum absolute atomic E-state index is 12.3. The minimum Gasteiger partial charge on any atom is -0.349 e. The van der Waals surface area contributed by atoms with Crippen molar-refractivity contribution in [2.45, 2.75) is 19.5 Å². The predicted octanol–water partition coefficient (Wildman–Crippen LogP) is 2.31. The summed E-state index contributed by atoms with van der Waals surface area (Å²) in [5.41, 5.74) is 1.79. The van der Waals surface area contributed by atoms with Crippen LogP contribution in [-0.2, 0) is 11.3 Å². The normalized spacial score (nSPS) is 12.2. The molecule has 2 heterocycles. The van der Waals surface area contributed by atoms with E-state index in [1.54, 1.807) is 17.1 Å². The van der Waals surface area contributed by atoms with E-state index >= 15 is 0 Å². The second-order valence-corrected chi connectivity index (χ2v) is 4.86. The van der Waals surface area contributed by atoms with Crippen molar-refractivity contribution in [1.82, 2.24) is 20.1 Å². The number of amides is 1. The van der Waals surface area contributed by atoms with Gasteiger partial charge >= 0.3 is 0 Å². The summed E-state index contributed by atoms with van der Waals surface area (Å²) >= 11 is 0. The van der Waals surface area contributed by atoms with E-state index < -0.39 is 0 Å². The third-order valence-corrected chi connectivity index (χ3v) is 3.42. The highest BCUT2D eigenvalue weighted by molar-refractivity contribution is 5.84. The minimum atomic E-state index is -0.367. The lowest BCUT2D eigenvalue weighted by molar-refractivity contribution is -0.124. The monoisotopic (exact) mass is 280 g/mol. The zero-order valence-corrected chi connectivity index (χ0v) is 11.7. The number of carbonyl (C=O) groups excluding carboxylic acids is 1. The lowest BCUT2D eigenvalue weighted by Gasteiger charge is -2.13. The van der Waals surface area contributed by atoms with Gasteiger partial charge in [-0.15, -0.1) is 0 Å². The molecular formula is C16H16N4O. The second-order valence-electron chi connectivity index (χ2n) is 4.86. The van der Waals surface area contributed by atoms with Crippen LogP contribution < -0.4 is 5.32 Å². The maximum atomic E-state index is 12.3. The van der Waals surface area contributed by atoms with Gasteiger partial charge in [-0.1, -0.05) is 24.3 Å². The van der Waals surface area contributed by atoms with Gasteiger partial charge in [0.15, 0.2) is 0 Å². The van der Waals surface area contributed by atoms with E-state index in [4.69, 9.17) is 0 Å². The number of hydrogen-bond acceptors (Lipinski definition) is 3. The van der Waals surface area contributed by atoms with Gasteiger partial charge in [0.05, 0.1) is 24.0 Å². The Labute approximate surface area is 122 Å². The molecule has 2 aromatic heterocycles. The van der Waals surface area contributed by atoms with E-state index in [0.29, 0.717) is 6.54 Å². The smallest absolute Gasteiger partial charge is 0.244 e. The molecule has 5 heteroatoms. The minimum absolute atomic E-state index is 0.0745. The first-order valence-corrected chi connectivity index (χ1v) is 6.85. The number of hydrogen-bond donors (Lipinski definition) is 1.